The molecule has 0 fully saturated rings. The van der Waals surface area contributed by atoms with E-state index < -0.39 is 11.7 Å². The summed E-state index contributed by atoms with van der Waals surface area (Å²) < 4.78 is 5.35. The number of carbonyl (C=O) groups is 2. The molecule has 0 saturated heterocycles. The molecule has 0 aliphatic heterocycles. The molecular formula is C15H21NO3. The Hall–Kier alpha value is -1.84. The highest BCUT2D eigenvalue weighted by atomic mass is 16.5. The van der Waals surface area contributed by atoms with Crippen molar-refractivity contribution in [1.82, 2.24) is 4.90 Å². The lowest BCUT2D eigenvalue weighted by molar-refractivity contribution is -0.143. The van der Waals surface area contributed by atoms with E-state index in [1.54, 1.807) is 14.2 Å². The number of rotatable bonds is 5. The second kappa shape index (κ2) is 6.36. The lowest BCUT2D eigenvalue weighted by Crippen LogP contribution is -2.31. The molecule has 4 heteroatoms. The number of hydrogen-bond acceptors (Lipinski definition) is 3. The van der Waals surface area contributed by atoms with Gasteiger partial charge in [-0.2, -0.15) is 0 Å². The lowest BCUT2D eigenvalue weighted by atomic mass is 10.0. The van der Waals surface area contributed by atoms with E-state index in [0.29, 0.717) is 12.5 Å². The fourth-order valence-corrected chi connectivity index (χ4v) is 1.85. The average molecular weight is 263 g/mol. The molecule has 1 amide bonds. The molecule has 1 rings (SSSR count). The number of amides is 1. The standard InChI is InChI=1S/C15H21NO3/c1-10(2)12-6-7-13(14(8-12)19-5)9-16(4)15(18)11(3)17/h6-8,10H,9H2,1-5H3. The smallest absolute Gasteiger partial charge is 0.289 e. The van der Waals surface area contributed by atoms with Crippen molar-refractivity contribution in [2.24, 2.45) is 0 Å². The Balaban J connectivity index is 2.95. The van der Waals surface area contributed by atoms with Crippen molar-refractivity contribution < 1.29 is 14.3 Å². The molecule has 104 valence electrons. The van der Waals surface area contributed by atoms with Gasteiger partial charge in [0.2, 0.25) is 5.78 Å². The van der Waals surface area contributed by atoms with Crippen molar-refractivity contribution in [3.05, 3.63) is 29.3 Å². The number of ketones is 1. The van der Waals surface area contributed by atoms with Gasteiger partial charge in [0.05, 0.1) is 7.11 Å². The van der Waals surface area contributed by atoms with Gasteiger partial charge < -0.3 is 9.64 Å². The zero-order chi connectivity index (χ0) is 14.6. The molecule has 0 N–H and O–H groups in total. The highest BCUT2D eigenvalue weighted by Gasteiger charge is 2.16. The molecule has 1 aromatic rings. The van der Waals surface area contributed by atoms with Crippen LogP contribution in [0.3, 0.4) is 0 Å². The van der Waals surface area contributed by atoms with Crippen LogP contribution >= 0.6 is 0 Å². The molecular weight excluding hydrogens is 242 g/mol. The molecule has 0 heterocycles. The van der Waals surface area contributed by atoms with Crippen LogP contribution in [0, 0.1) is 0 Å². The summed E-state index contributed by atoms with van der Waals surface area (Å²) in [6.07, 6.45) is 0. The second-order valence-electron chi connectivity index (χ2n) is 4.94. The summed E-state index contributed by atoms with van der Waals surface area (Å²) in [4.78, 5) is 24.0. The summed E-state index contributed by atoms with van der Waals surface area (Å²) in [5.41, 5.74) is 2.07. The summed E-state index contributed by atoms with van der Waals surface area (Å²) >= 11 is 0. The topological polar surface area (TPSA) is 46.6 Å². The van der Waals surface area contributed by atoms with Gasteiger partial charge in [0, 0.05) is 26.1 Å². The maximum Gasteiger partial charge on any atom is 0.289 e. The maximum atomic E-state index is 11.6. The third-order valence-electron chi connectivity index (χ3n) is 3.03. The van der Waals surface area contributed by atoms with Crippen LogP contribution in [0.15, 0.2) is 18.2 Å². The van der Waals surface area contributed by atoms with Crippen LogP contribution in [0.25, 0.3) is 0 Å². The Kier molecular flexibility index (Phi) is 5.10. The number of Topliss-reactive ketones (excluding diaryl/α,β-unsaturated/α-hetero) is 1. The minimum atomic E-state index is -0.491. The minimum absolute atomic E-state index is 0.361. The SMILES string of the molecule is COc1cc(C(C)C)ccc1CN(C)C(=O)C(C)=O. The van der Waals surface area contributed by atoms with Crippen molar-refractivity contribution in [1.29, 1.82) is 0 Å². The van der Waals surface area contributed by atoms with Crippen LogP contribution in [-0.4, -0.2) is 30.7 Å². The van der Waals surface area contributed by atoms with Crippen molar-refractivity contribution in [3.63, 3.8) is 0 Å². The average Bonchev–Trinajstić information content (AvgIpc) is 2.37. The third kappa shape index (κ3) is 3.81. The molecule has 19 heavy (non-hydrogen) atoms. The molecule has 4 nitrogen and oxygen atoms in total. The van der Waals surface area contributed by atoms with Crippen molar-refractivity contribution in [2.75, 3.05) is 14.2 Å². The van der Waals surface area contributed by atoms with Gasteiger partial charge in [0.15, 0.2) is 0 Å². The van der Waals surface area contributed by atoms with Gasteiger partial charge in [-0.3, -0.25) is 9.59 Å². The normalized spacial score (nSPS) is 10.4. The van der Waals surface area contributed by atoms with Crippen molar-refractivity contribution in [2.45, 2.75) is 33.2 Å². The number of hydrogen-bond donors (Lipinski definition) is 0. The summed E-state index contributed by atoms with van der Waals surface area (Å²) in [5, 5.41) is 0. The van der Waals surface area contributed by atoms with Gasteiger partial charge in [-0.25, -0.2) is 0 Å². The van der Waals surface area contributed by atoms with Crippen LogP contribution in [0.4, 0.5) is 0 Å². The van der Waals surface area contributed by atoms with Gasteiger partial charge in [0.25, 0.3) is 5.91 Å². The predicted octanol–water partition coefficient (Wildman–Crippen LogP) is 2.37. The van der Waals surface area contributed by atoms with Gasteiger partial charge in [-0.15, -0.1) is 0 Å². The molecule has 0 aromatic heterocycles. The maximum absolute atomic E-state index is 11.6. The van der Waals surface area contributed by atoms with E-state index in [1.807, 2.05) is 18.2 Å². The quantitative estimate of drug-likeness (QED) is 0.766. The van der Waals surface area contributed by atoms with E-state index in [9.17, 15) is 9.59 Å². The summed E-state index contributed by atoms with van der Waals surface area (Å²) in [5.74, 6) is 0.212. The number of ether oxygens (including phenoxy) is 1. The van der Waals surface area contributed by atoms with E-state index in [0.717, 1.165) is 11.3 Å². The fraction of sp³-hybridized carbons (Fsp3) is 0.467. The molecule has 0 unspecified atom stereocenters. The van der Waals surface area contributed by atoms with E-state index in [1.165, 1.54) is 17.4 Å². The molecule has 1 aromatic carbocycles. The molecule has 0 spiro atoms. The van der Waals surface area contributed by atoms with E-state index >= 15 is 0 Å². The first-order valence-electron chi connectivity index (χ1n) is 6.29. The zero-order valence-corrected chi connectivity index (χ0v) is 12.2. The minimum Gasteiger partial charge on any atom is -0.496 e. The van der Waals surface area contributed by atoms with Crippen molar-refractivity contribution in [3.8, 4) is 5.75 Å². The molecule has 0 radical (unpaired) electrons. The van der Waals surface area contributed by atoms with Gasteiger partial charge in [-0.05, 0) is 17.5 Å². The first kappa shape index (κ1) is 15.2. The van der Waals surface area contributed by atoms with Crippen LogP contribution in [0.1, 0.15) is 37.8 Å². The highest BCUT2D eigenvalue weighted by Crippen LogP contribution is 2.25. The Bertz CT molecular complexity index is 480. The van der Waals surface area contributed by atoms with E-state index in [2.05, 4.69) is 13.8 Å². The van der Waals surface area contributed by atoms with E-state index in [4.69, 9.17) is 4.74 Å². The summed E-state index contributed by atoms with van der Waals surface area (Å²) in [6.45, 7) is 5.86. The Morgan fingerprint density at radius 1 is 1.32 bits per heavy atom. The highest BCUT2D eigenvalue weighted by molar-refractivity contribution is 6.34. The monoisotopic (exact) mass is 263 g/mol. The van der Waals surface area contributed by atoms with Gasteiger partial charge >= 0.3 is 0 Å². The molecule has 0 aliphatic rings. The van der Waals surface area contributed by atoms with E-state index in [-0.39, 0.29) is 0 Å². The first-order valence-corrected chi connectivity index (χ1v) is 6.29. The number of nitrogens with zero attached hydrogens (tertiary/aromatic N) is 1. The van der Waals surface area contributed by atoms with Crippen LogP contribution in [0.2, 0.25) is 0 Å². The molecule has 0 bridgehead atoms. The summed E-state index contributed by atoms with van der Waals surface area (Å²) in [7, 11) is 3.22. The van der Waals surface area contributed by atoms with Crippen LogP contribution in [-0.2, 0) is 16.1 Å². The van der Waals surface area contributed by atoms with Crippen molar-refractivity contribution >= 4 is 11.7 Å². The predicted molar refractivity (Wildman–Crippen MR) is 74.2 cm³/mol. The van der Waals surface area contributed by atoms with Gasteiger partial charge in [0.1, 0.15) is 5.75 Å². The summed E-state index contributed by atoms with van der Waals surface area (Å²) in [6, 6.07) is 5.94. The third-order valence-corrected chi connectivity index (χ3v) is 3.03. The molecule has 0 aliphatic carbocycles. The number of benzene rings is 1. The van der Waals surface area contributed by atoms with Crippen LogP contribution in [0.5, 0.6) is 5.75 Å². The number of methoxy groups -OCH3 is 1. The first-order chi connectivity index (χ1) is 8.86. The second-order valence-corrected chi connectivity index (χ2v) is 4.94. The fourth-order valence-electron chi connectivity index (χ4n) is 1.85. The Morgan fingerprint density at radius 2 is 1.95 bits per heavy atom. The number of carbonyl (C=O) groups excluding carboxylic acids is 2. The Labute approximate surface area is 114 Å². The lowest BCUT2D eigenvalue weighted by Gasteiger charge is -2.18. The van der Waals surface area contributed by atoms with Crippen LogP contribution < -0.4 is 4.74 Å². The molecule has 0 saturated carbocycles. The molecule has 0 atom stereocenters. The number of likely N-dealkylation sites (N-methyl/N-ethyl adjacent to an activating group) is 1. The largest absolute Gasteiger partial charge is 0.496 e. The van der Waals surface area contributed by atoms with Gasteiger partial charge in [-0.1, -0.05) is 26.0 Å². The Morgan fingerprint density at radius 3 is 2.42 bits per heavy atom. The zero-order valence-electron chi connectivity index (χ0n) is 12.2.